The van der Waals surface area contributed by atoms with Gasteiger partial charge in [0.2, 0.25) is 11.0 Å². The van der Waals surface area contributed by atoms with E-state index >= 15 is 0 Å². The SMILES string of the molecule is CNc1nc(N)nc2c1ncn2[C@H]1C[C@](O)(F)[C@@](Cl)(COP(=O)(O)OP(=O)(O)O)O1. The Morgan fingerprint density at radius 2 is 2.13 bits per heavy atom. The molecule has 0 spiro atoms. The van der Waals surface area contributed by atoms with Crippen molar-refractivity contribution in [3.8, 4) is 0 Å². The van der Waals surface area contributed by atoms with Crippen molar-refractivity contribution in [1.29, 1.82) is 0 Å². The summed E-state index contributed by atoms with van der Waals surface area (Å²) in [6.45, 7) is -1.32. The van der Waals surface area contributed by atoms with Crippen molar-refractivity contribution in [3.63, 3.8) is 0 Å². The molecule has 0 aliphatic carbocycles. The summed E-state index contributed by atoms with van der Waals surface area (Å²) in [5.41, 5.74) is 5.98. The van der Waals surface area contributed by atoms with E-state index in [2.05, 4.69) is 29.1 Å². The third-order valence-electron chi connectivity index (χ3n) is 3.95. The molecule has 2 aromatic rings. The average molecular weight is 493 g/mol. The Bertz CT molecular complexity index is 1070. The van der Waals surface area contributed by atoms with Gasteiger partial charge in [-0.15, -0.1) is 0 Å². The van der Waals surface area contributed by atoms with E-state index in [1.54, 1.807) is 7.05 Å². The van der Waals surface area contributed by atoms with E-state index in [-0.39, 0.29) is 22.9 Å². The zero-order valence-electron chi connectivity index (χ0n) is 14.9. The first-order valence-electron chi connectivity index (χ1n) is 7.86. The first-order valence-corrected chi connectivity index (χ1v) is 11.3. The molecule has 1 aliphatic heterocycles. The van der Waals surface area contributed by atoms with Crippen LogP contribution < -0.4 is 11.1 Å². The largest absolute Gasteiger partial charge is 0.481 e. The number of rotatable bonds is 7. The fourth-order valence-corrected chi connectivity index (χ4v) is 4.59. The van der Waals surface area contributed by atoms with Gasteiger partial charge in [-0.2, -0.15) is 14.3 Å². The number of aliphatic hydroxyl groups is 1. The van der Waals surface area contributed by atoms with E-state index in [1.165, 1.54) is 10.9 Å². The van der Waals surface area contributed by atoms with Crippen LogP contribution in [0.25, 0.3) is 11.2 Å². The first kappa shape index (κ1) is 23.2. The minimum atomic E-state index is -5.42. The number of fused-ring (bicyclic) bond motifs is 1. The second-order valence-corrected chi connectivity index (χ2v) is 9.52. The van der Waals surface area contributed by atoms with Crippen LogP contribution in [0.5, 0.6) is 0 Å². The number of aromatic nitrogens is 4. The molecule has 0 radical (unpaired) electrons. The number of phosphoric acid groups is 2. The predicted molar refractivity (Wildman–Crippen MR) is 97.6 cm³/mol. The number of phosphoric ester groups is 1. The number of nitrogens with zero attached hydrogens (tertiary/aromatic N) is 4. The Kier molecular flexibility index (Phi) is 5.88. The van der Waals surface area contributed by atoms with Crippen molar-refractivity contribution in [2.45, 2.75) is 23.6 Å². The predicted octanol–water partition coefficient (Wildman–Crippen LogP) is 0.189. The van der Waals surface area contributed by atoms with Crippen molar-refractivity contribution < 1.29 is 46.9 Å². The maximum absolute atomic E-state index is 14.8. The Balaban J connectivity index is 1.86. The van der Waals surface area contributed by atoms with Gasteiger partial charge in [0.25, 0.3) is 5.85 Å². The van der Waals surface area contributed by atoms with E-state index < -0.39 is 45.8 Å². The van der Waals surface area contributed by atoms with Crippen molar-refractivity contribution in [3.05, 3.63) is 6.33 Å². The maximum Gasteiger partial charge on any atom is 0.481 e. The van der Waals surface area contributed by atoms with Crippen LogP contribution in [0.2, 0.25) is 0 Å². The quantitative estimate of drug-likeness (QED) is 0.224. The molecule has 19 heteroatoms. The normalized spacial score (nSPS) is 29.2. The molecule has 0 amide bonds. The van der Waals surface area contributed by atoms with Gasteiger partial charge < -0.3 is 35.6 Å². The minimum absolute atomic E-state index is 0.104. The highest BCUT2D eigenvalue weighted by Gasteiger charge is 2.61. The molecular formula is C11H16ClFN6O9P2. The zero-order valence-corrected chi connectivity index (χ0v) is 17.5. The number of ether oxygens (including phenoxy) is 1. The smallest absolute Gasteiger partial charge is 0.371 e. The summed E-state index contributed by atoms with van der Waals surface area (Å²) in [5.74, 6) is -3.19. The highest BCUT2D eigenvalue weighted by Crippen LogP contribution is 2.59. The molecule has 3 rings (SSSR count). The third-order valence-corrected chi connectivity index (χ3v) is 6.57. The second-order valence-electron chi connectivity index (χ2n) is 6.08. The fraction of sp³-hybridized carbons (Fsp3) is 0.545. The van der Waals surface area contributed by atoms with Crippen LogP contribution in [0.4, 0.5) is 16.2 Å². The summed E-state index contributed by atoms with van der Waals surface area (Å²) < 4.78 is 51.4. The van der Waals surface area contributed by atoms with E-state index in [0.717, 1.165) is 0 Å². The number of anilines is 2. The Labute approximate surface area is 171 Å². The topological polar surface area (TPSA) is 224 Å². The number of hydrogen-bond donors (Lipinski definition) is 6. The Morgan fingerprint density at radius 1 is 1.47 bits per heavy atom. The highest BCUT2D eigenvalue weighted by molar-refractivity contribution is 7.60. The first-order chi connectivity index (χ1) is 13.7. The molecule has 1 saturated heterocycles. The molecule has 2 aromatic heterocycles. The number of hydrogen-bond acceptors (Lipinski definition) is 11. The molecule has 4 atom stereocenters. The van der Waals surface area contributed by atoms with Crippen LogP contribution in [0.3, 0.4) is 0 Å². The number of nitrogens with two attached hydrogens (primary N) is 1. The van der Waals surface area contributed by atoms with Gasteiger partial charge in [-0.1, -0.05) is 11.6 Å². The van der Waals surface area contributed by atoms with Gasteiger partial charge in [0.15, 0.2) is 17.0 Å². The monoisotopic (exact) mass is 492 g/mol. The molecule has 1 unspecified atom stereocenters. The Hall–Kier alpha value is -1.45. The van der Waals surface area contributed by atoms with Crippen LogP contribution in [-0.4, -0.2) is 63.9 Å². The molecule has 15 nitrogen and oxygen atoms in total. The van der Waals surface area contributed by atoms with Crippen LogP contribution in [0, 0.1) is 0 Å². The lowest BCUT2D eigenvalue weighted by atomic mass is 10.1. The van der Waals surface area contributed by atoms with Gasteiger partial charge in [0.05, 0.1) is 12.7 Å². The molecular weight excluding hydrogens is 477 g/mol. The molecule has 1 fully saturated rings. The summed E-state index contributed by atoms with van der Waals surface area (Å²) in [7, 11) is -9.23. The lowest BCUT2D eigenvalue weighted by Gasteiger charge is -2.29. The second kappa shape index (κ2) is 7.60. The van der Waals surface area contributed by atoms with E-state index in [0.29, 0.717) is 0 Å². The summed E-state index contributed by atoms with van der Waals surface area (Å²) in [6.07, 6.45) is -0.928. The van der Waals surface area contributed by atoms with Crippen LogP contribution in [-0.2, 0) is 22.7 Å². The molecule has 3 heterocycles. The van der Waals surface area contributed by atoms with E-state index in [4.69, 9.17) is 31.9 Å². The molecule has 0 bridgehead atoms. The van der Waals surface area contributed by atoms with Crippen molar-refractivity contribution in [1.82, 2.24) is 19.5 Å². The standard InChI is InChI=1S/C11H16ClFN6O9P2/c1-15-7-6-8(18-9(14)17-7)19(4-16-6)5-2-11(13,20)10(12,27-5)3-26-30(24,25)28-29(21,22)23/h4-5,20H,2-3H2,1H3,(H,24,25)(H2,21,22,23)(H3,14,15,17,18)/t5-,10-,11-/m1/s1. The van der Waals surface area contributed by atoms with E-state index in [1.807, 2.05) is 0 Å². The molecule has 0 aromatic carbocycles. The van der Waals surface area contributed by atoms with Gasteiger partial charge in [-0.3, -0.25) is 9.09 Å². The molecule has 0 saturated carbocycles. The number of imidazole rings is 1. The van der Waals surface area contributed by atoms with Crippen molar-refractivity contribution >= 4 is 50.2 Å². The third kappa shape index (κ3) is 4.57. The van der Waals surface area contributed by atoms with Gasteiger partial charge in [0, 0.05) is 7.05 Å². The molecule has 1 aliphatic rings. The van der Waals surface area contributed by atoms with Crippen molar-refractivity contribution in [2.75, 3.05) is 24.7 Å². The van der Waals surface area contributed by atoms with Gasteiger partial charge >= 0.3 is 15.6 Å². The maximum atomic E-state index is 14.8. The summed E-state index contributed by atoms with van der Waals surface area (Å²) in [6, 6.07) is 0. The molecule has 7 N–H and O–H groups in total. The summed E-state index contributed by atoms with van der Waals surface area (Å²) in [4.78, 5) is 38.5. The van der Waals surface area contributed by atoms with Crippen LogP contribution >= 0.6 is 27.2 Å². The summed E-state index contributed by atoms with van der Waals surface area (Å²) in [5, 5.41) is 10.1. The average Bonchev–Trinajstić information content (AvgIpc) is 3.09. The Morgan fingerprint density at radius 3 is 2.73 bits per heavy atom. The van der Waals surface area contributed by atoms with E-state index in [9.17, 15) is 23.5 Å². The van der Waals surface area contributed by atoms with Gasteiger partial charge in [-0.25, -0.2) is 18.5 Å². The molecule has 30 heavy (non-hydrogen) atoms. The number of nitrogens with one attached hydrogen (secondary N) is 1. The fourth-order valence-electron chi connectivity index (χ4n) is 2.67. The number of alkyl halides is 2. The number of halogens is 2. The minimum Gasteiger partial charge on any atom is -0.371 e. The van der Waals surface area contributed by atoms with Gasteiger partial charge in [0.1, 0.15) is 12.8 Å². The van der Waals surface area contributed by atoms with Gasteiger partial charge in [-0.05, 0) is 0 Å². The lowest BCUT2D eigenvalue weighted by molar-refractivity contribution is -0.172. The van der Waals surface area contributed by atoms with Crippen molar-refractivity contribution in [2.24, 2.45) is 0 Å². The summed E-state index contributed by atoms with van der Waals surface area (Å²) >= 11 is 5.93. The zero-order chi connectivity index (χ0) is 22.5. The number of nitrogen functional groups attached to an aromatic ring is 1. The highest BCUT2D eigenvalue weighted by atomic mass is 35.5. The van der Waals surface area contributed by atoms with Crippen LogP contribution in [0.1, 0.15) is 12.6 Å². The lowest BCUT2D eigenvalue weighted by Crippen LogP contribution is -2.46. The molecule has 168 valence electrons. The van der Waals surface area contributed by atoms with Crippen LogP contribution in [0.15, 0.2) is 6.33 Å².